The van der Waals surface area contributed by atoms with Gasteiger partial charge in [0.2, 0.25) is 5.91 Å². The molecule has 1 saturated heterocycles. The summed E-state index contributed by atoms with van der Waals surface area (Å²) in [4.78, 5) is 28.3. The first-order chi connectivity index (χ1) is 12.7. The van der Waals surface area contributed by atoms with E-state index in [1.165, 1.54) is 16.9 Å². The van der Waals surface area contributed by atoms with Crippen LogP contribution in [0.3, 0.4) is 0 Å². The first-order valence-corrected chi connectivity index (χ1v) is 9.89. The molecule has 4 rings (SSSR count). The van der Waals surface area contributed by atoms with Gasteiger partial charge in [0, 0.05) is 23.2 Å². The average molecular weight is 370 g/mol. The highest BCUT2D eigenvalue weighted by Crippen LogP contribution is 2.32. The van der Waals surface area contributed by atoms with Gasteiger partial charge >= 0.3 is 0 Å². The predicted molar refractivity (Wildman–Crippen MR) is 102 cm³/mol. The summed E-state index contributed by atoms with van der Waals surface area (Å²) in [6.45, 7) is 0.470. The molecule has 1 atom stereocenters. The van der Waals surface area contributed by atoms with Crippen LogP contribution in [0.1, 0.15) is 40.1 Å². The van der Waals surface area contributed by atoms with Crippen molar-refractivity contribution in [3.05, 3.63) is 45.6 Å². The van der Waals surface area contributed by atoms with E-state index in [0.29, 0.717) is 18.7 Å². The van der Waals surface area contributed by atoms with Crippen LogP contribution in [0, 0.1) is 0 Å². The second kappa shape index (κ2) is 7.11. The van der Waals surface area contributed by atoms with Crippen molar-refractivity contribution in [1.82, 2.24) is 5.32 Å². The van der Waals surface area contributed by atoms with Crippen molar-refractivity contribution in [2.45, 2.75) is 38.1 Å². The van der Waals surface area contributed by atoms with Gasteiger partial charge in [0.05, 0.1) is 24.4 Å². The van der Waals surface area contributed by atoms with Gasteiger partial charge in [-0.3, -0.25) is 9.59 Å². The molecule has 1 aromatic heterocycles. The van der Waals surface area contributed by atoms with Crippen molar-refractivity contribution >= 4 is 28.8 Å². The minimum atomic E-state index is -0.181. The number of hydrogen-bond donors (Lipinski definition) is 1. The van der Waals surface area contributed by atoms with Crippen LogP contribution in [-0.2, 0) is 17.6 Å². The van der Waals surface area contributed by atoms with Crippen LogP contribution in [0.5, 0.6) is 5.75 Å². The third-order valence-corrected chi connectivity index (χ3v) is 6.23. The minimum Gasteiger partial charge on any atom is -0.495 e. The number of para-hydroxylation sites is 2. The Hall–Kier alpha value is -2.34. The number of amides is 2. The summed E-state index contributed by atoms with van der Waals surface area (Å²) in [5, 5.41) is 5.04. The molecule has 2 aliphatic rings. The fourth-order valence-electron chi connectivity index (χ4n) is 3.84. The summed E-state index contributed by atoms with van der Waals surface area (Å²) in [6.07, 6.45) is 4.73. The smallest absolute Gasteiger partial charge is 0.252 e. The number of fused-ring (bicyclic) bond motifs is 1. The number of nitrogens with zero attached hydrogens (tertiary/aromatic N) is 1. The first-order valence-electron chi connectivity index (χ1n) is 9.01. The maximum absolute atomic E-state index is 12.7. The molecule has 2 amide bonds. The Kier molecular flexibility index (Phi) is 4.68. The molecular weight excluding hydrogens is 348 g/mol. The van der Waals surface area contributed by atoms with E-state index in [2.05, 4.69) is 5.32 Å². The Morgan fingerprint density at radius 3 is 2.92 bits per heavy atom. The quantitative estimate of drug-likeness (QED) is 0.899. The monoisotopic (exact) mass is 370 g/mol. The maximum Gasteiger partial charge on any atom is 0.252 e. The van der Waals surface area contributed by atoms with Crippen molar-refractivity contribution < 1.29 is 14.3 Å². The Bertz CT molecular complexity index is 845. The van der Waals surface area contributed by atoms with Gasteiger partial charge in [0.1, 0.15) is 5.75 Å². The van der Waals surface area contributed by atoms with E-state index in [9.17, 15) is 9.59 Å². The van der Waals surface area contributed by atoms with Crippen molar-refractivity contribution in [3.8, 4) is 5.75 Å². The predicted octanol–water partition coefficient (Wildman–Crippen LogP) is 3.17. The summed E-state index contributed by atoms with van der Waals surface area (Å²) < 4.78 is 5.36. The molecule has 6 heteroatoms. The fourth-order valence-corrected chi connectivity index (χ4v) is 4.96. The van der Waals surface area contributed by atoms with Crippen LogP contribution in [0.15, 0.2) is 29.6 Å². The molecule has 0 radical (unpaired) electrons. The van der Waals surface area contributed by atoms with Gasteiger partial charge in [-0.1, -0.05) is 12.1 Å². The molecule has 1 N–H and O–H groups in total. The zero-order valence-corrected chi connectivity index (χ0v) is 15.6. The van der Waals surface area contributed by atoms with Gasteiger partial charge in [0.15, 0.2) is 0 Å². The molecule has 0 bridgehead atoms. The molecule has 2 heterocycles. The summed E-state index contributed by atoms with van der Waals surface area (Å²) in [5.74, 6) is 0.621. The Morgan fingerprint density at radius 1 is 1.27 bits per heavy atom. The molecule has 5 nitrogen and oxygen atoms in total. The SMILES string of the molecule is COc1ccccc1N1C[C@H](NC(=O)c2csc3c2CCCC3)CC1=O. The molecule has 1 aliphatic heterocycles. The fraction of sp³-hybridized carbons (Fsp3) is 0.400. The van der Waals surface area contributed by atoms with Crippen LogP contribution >= 0.6 is 11.3 Å². The van der Waals surface area contributed by atoms with Gasteiger partial charge in [-0.2, -0.15) is 0 Å². The number of benzene rings is 1. The Balaban J connectivity index is 1.48. The molecular formula is C20H22N2O3S. The van der Waals surface area contributed by atoms with Crippen molar-refractivity contribution in [2.75, 3.05) is 18.6 Å². The molecule has 0 saturated carbocycles. The molecule has 0 spiro atoms. The lowest BCUT2D eigenvalue weighted by Crippen LogP contribution is -2.37. The standard InChI is InChI=1S/C20H22N2O3S/c1-25-17-8-4-3-7-16(17)22-11-13(10-19(22)23)21-20(24)15-12-26-18-9-5-2-6-14(15)18/h3-4,7-8,12-13H,2,5-6,9-11H2,1H3,(H,21,24)/t13-/m1/s1. The van der Waals surface area contributed by atoms with E-state index in [-0.39, 0.29) is 17.9 Å². The average Bonchev–Trinajstić information content (AvgIpc) is 3.25. The van der Waals surface area contributed by atoms with E-state index in [1.54, 1.807) is 23.3 Å². The molecule has 136 valence electrons. The number of thiophene rings is 1. The Morgan fingerprint density at radius 2 is 2.08 bits per heavy atom. The summed E-state index contributed by atoms with van der Waals surface area (Å²) >= 11 is 1.69. The van der Waals surface area contributed by atoms with Gasteiger partial charge in [-0.25, -0.2) is 0 Å². The Labute approximate surface area is 157 Å². The zero-order chi connectivity index (χ0) is 18.1. The second-order valence-corrected chi connectivity index (χ2v) is 7.77. The number of methoxy groups -OCH3 is 1. The van der Waals surface area contributed by atoms with Crippen LogP contribution < -0.4 is 15.0 Å². The first kappa shape index (κ1) is 17.1. The third kappa shape index (κ3) is 3.09. The van der Waals surface area contributed by atoms with Crippen molar-refractivity contribution in [2.24, 2.45) is 0 Å². The van der Waals surface area contributed by atoms with Gasteiger partial charge < -0.3 is 15.0 Å². The highest BCUT2D eigenvalue weighted by Gasteiger charge is 2.33. The van der Waals surface area contributed by atoms with Crippen LogP contribution in [-0.4, -0.2) is 31.5 Å². The molecule has 2 aromatic rings. The largest absolute Gasteiger partial charge is 0.495 e. The number of anilines is 1. The molecule has 0 unspecified atom stereocenters. The van der Waals surface area contributed by atoms with E-state index >= 15 is 0 Å². The van der Waals surface area contributed by atoms with Crippen LogP contribution in [0.25, 0.3) is 0 Å². The minimum absolute atomic E-state index is 0.00662. The lowest BCUT2D eigenvalue weighted by Gasteiger charge is -2.20. The number of ether oxygens (including phenoxy) is 1. The maximum atomic E-state index is 12.7. The summed E-state index contributed by atoms with van der Waals surface area (Å²) in [5.41, 5.74) is 2.77. The molecule has 1 aromatic carbocycles. The summed E-state index contributed by atoms with van der Waals surface area (Å²) in [6, 6.07) is 7.29. The number of carbonyl (C=O) groups is 2. The van der Waals surface area contributed by atoms with Gasteiger partial charge in [0.25, 0.3) is 5.91 Å². The number of hydrogen-bond acceptors (Lipinski definition) is 4. The lowest BCUT2D eigenvalue weighted by molar-refractivity contribution is -0.117. The van der Waals surface area contributed by atoms with Crippen molar-refractivity contribution in [3.63, 3.8) is 0 Å². The van der Waals surface area contributed by atoms with Gasteiger partial charge in [-0.15, -0.1) is 11.3 Å². The van der Waals surface area contributed by atoms with Crippen LogP contribution in [0.2, 0.25) is 0 Å². The highest BCUT2D eigenvalue weighted by atomic mass is 32.1. The van der Waals surface area contributed by atoms with E-state index in [1.807, 2.05) is 29.6 Å². The third-order valence-electron chi connectivity index (χ3n) is 5.14. The number of aryl methyl sites for hydroxylation is 1. The normalized spacial score (nSPS) is 19.3. The number of nitrogens with one attached hydrogen (secondary N) is 1. The van der Waals surface area contributed by atoms with Gasteiger partial charge in [-0.05, 0) is 43.4 Å². The number of carbonyl (C=O) groups excluding carboxylic acids is 2. The topological polar surface area (TPSA) is 58.6 Å². The van der Waals surface area contributed by atoms with Crippen molar-refractivity contribution in [1.29, 1.82) is 0 Å². The van der Waals surface area contributed by atoms with E-state index < -0.39 is 0 Å². The van der Waals surface area contributed by atoms with E-state index in [0.717, 1.165) is 30.5 Å². The van der Waals surface area contributed by atoms with Crippen LogP contribution in [0.4, 0.5) is 5.69 Å². The van der Waals surface area contributed by atoms with E-state index in [4.69, 9.17) is 4.74 Å². The molecule has 1 fully saturated rings. The molecule has 26 heavy (non-hydrogen) atoms. The zero-order valence-electron chi connectivity index (χ0n) is 14.8. The molecule has 1 aliphatic carbocycles. The second-order valence-electron chi connectivity index (χ2n) is 6.81. The highest BCUT2D eigenvalue weighted by molar-refractivity contribution is 7.10. The summed E-state index contributed by atoms with van der Waals surface area (Å²) in [7, 11) is 1.60. The lowest BCUT2D eigenvalue weighted by atomic mass is 9.95. The number of rotatable bonds is 4.